The summed E-state index contributed by atoms with van der Waals surface area (Å²) in [7, 11) is 0. The SMILES string of the molecule is C[C@H]1CN(C2CCCCNC2=O)CCN1c1cc(C#N)cc(Nc2nc(NC3CC3)n3ncc(C#N)c3n2)c1Cl. The van der Waals surface area contributed by atoms with Gasteiger partial charge in [-0.25, -0.2) is 0 Å². The molecule has 4 heterocycles. The average molecular weight is 560 g/mol. The largest absolute Gasteiger partial charge is 0.365 e. The molecule has 1 aromatic carbocycles. The van der Waals surface area contributed by atoms with Crippen molar-refractivity contribution in [3.05, 3.63) is 34.5 Å². The van der Waals surface area contributed by atoms with Crippen LogP contribution in [0, 0.1) is 22.7 Å². The van der Waals surface area contributed by atoms with E-state index in [-0.39, 0.29) is 23.9 Å². The lowest BCUT2D eigenvalue weighted by atomic mass is 10.0. The summed E-state index contributed by atoms with van der Waals surface area (Å²) < 4.78 is 1.52. The van der Waals surface area contributed by atoms with Crippen LogP contribution in [0.2, 0.25) is 5.02 Å². The van der Waals surface area contributed by atoms with Crippen molar-refractivity contribution < 1.29 is 4.79 Å². The van der Waals surface area contributed by atoms with Crippen LogP contribution < -0.4 is 20.9 Å². The molecule has 3 fully saturated rings. The van der Waals surface area contributed by atoms with E-state index in [1.165, 1.54) is 10.7 Å². The molecule has 3 aliphatic rings. The monoisotopic (exact) mass is 559 g/mol. The number of nitrogens with one attached hydrogen (secondary N) is 3. The van der Waals surface area contributed by atoms with E-state index < -0.39 is 0 Å². The third-order valence-electron chi connectivity index (χ3n) is 7.74. The summed E-state index contributed by atoms with van der Waals surface area (Å²) in [6.07, 6.45) is 6.45. The topological polar surface area (TPSA) is 150 Å². The molecule has 40 heavy (non-hydrogen) atoms. The van der Waals surface area contributed by atoms with E-state index in [1.807, 2.05) is 0 Å². The molecule has 1 aliphatic carbocycles. The molecule has 1 unspecified atom stereocenters. The second-order valence-electron chi connectivity index (χ2n) is 10.6. The van der Waals surface area contributed by atoms with Crippen molar-refractivity contribution in [2.75, 3.05) is 41.7 Å². The third-order valence-corrected chi connectivity index (χ3v) is 8.14. The van der Waals surface area contributed by atoms with Gasteiger partial charge in [-0.2, -0.15) is 30.1 Å². The molecule has 0 radical (unpaired) electrons. The summed E-state index contributed by atoms with van der Waals surface area (Å²) in [5.74, 6) is 0.837. The molecular formula is C27H30ClN11O. The molecule has 2 saturated heterocycles. The van der Waals surface area contributed by atoms with Gasteiger partial charge >= 0.3 is 0 Å². The van der Waals surface area contributed by atoms with Crippen LogP contribution in [0.1, 0.15) is 50.2 Å². The maximum absolute atomic E-state index is 12.6. The number of nitriles is 2. The van der Waals surface area contributed by atoms with E-state index in [9.17, 15) is 15.3 Å². The smallest absolute Gasteiger partial charge is 0.237 e. The quantitative estimate of drug-likeness (QED) is 0.411. The van der Waals surface area contributed by atoms with Crippen LogP contribution in [0.3, 0.4) is 0 Å². The first-order valence-corrected chi connectivity index (χ1v) is 14.0. The zero-order chi connectivity index (χ0) is 27.8. The molecule has 0 bridgehead atoms. The van der Waals surface area contributed by atoms with E-state index >= 15 is 0 Å². The van der Waals surface area contributed by atoms with Gasteiger partial charge in [0.25, 0.3) is 0 Å². The highest BCUT2D eigenvalue weighted by Crippen LogP contribution is 2.38. The molecule has 12 nitrogen and oxygen atoms in total. The molecule has 3 aromatic rings. The Labute approximate surface area is 236 Å². The lowest BCUT2D eigenvalue weighted by molar-refractivity contribution is -0.126. The summed E-state index contributed by atoms with van der Waals surface area (Å²) >= 11 is 6.97. The number of benzene rings is 1. The molecule has 13 heteroatoms. The number of rotatable bonds is 6. The van der Waals surface area contributed by atoms with Crippen molar-refractivity contribution in [1.82, 2.24) is 29.8 Å². The van der Waals surface area contributed by atoms with Gasteiger partial charge < -0.3 is 20.9 Å². The number of nitrogens with zero attached hydrogens (tertiary/aromatic N) is 8. The summed E-state index contributed by atoms with van der Waals surface area (Å²) in [5, 5.41) is 33.7. The van der Waals surface area contributed by atoms with Crippen LogP contribution in [0.15, 0.2) is 18.3 Å². The first kappa shape index (κ1) is 26.1. The summed E-state index contributed by atoms with van der Waals surface area (Å²) in [6, 6.07) is 8.09. The van der Waals surface area contributed by atoms with Gasteiger partial charge in [0.1, 0.15) is 11.6 Å². The van der Waals surface area contributed by atoms with Crippen molar-refractivity contribution in [3.8, 4) is 12.1 Å². The Morgan fingerprint density at radius 1 is 1.12 bits per heavy atom. The number of anilines is 4. The zero-order valence-electron chi connectivity index (χ0n) is 22.2. The number of carbonyl (C=O) groups excluding carboxylic acids is 1. The molecule has 2 atom stereocenters. The fraction of sp³-hybridized carbons (Fsp3) is 0.481. The van der Waals surface area contributed by atoms with E-state index in [0.717, 1.165) is 44.3 Å². The minimum absolute atomic E-state index is 0.0658. The molecule has 3 N–H and O–H groups in total. The molecule has 1 saturated carbocycles. The lowest BCUT2D eigenvalue weighted by Gasteiger charge is -2.44. The van der Waals surface area contributed by atoms with Crippen molar-refractivity contribution in [3.63, 3.8) is 0 Å². The predicted molar refractivity (Wildman–Crippen MR) is 151 cm³/mol. The van der Waals surface area contributed by atoms with Gasteiger partial charge in [-0.15, -0.1) is 0 Å². The number of hydrogen-bond acceptors (Lipinski definition) is 10. The Kier molecular flexibility index (Phi) is 7.05. The molecule has 206 valence electrons. The van der Waals surface area contributed by atoms with Gasteiger partial charge in [0.2, 0.25) is 17.8 Å². The second kappa shape index (κ2) is 10.8. The van der Waals surface area contributed by atoms with Gasteiger partial charge in [0.15, 0.2) is 5.65 Å². The second-order valence-corrected chi connectivity index (χ2v) is 11.0. The van der Waals surface area contributed by atoms with Crippen LogP contribution in [-0.4, -0.2) is 74.7 Å². The molecule has 2 aromatic heterocycles. The highest BCUT2D eigenvalue weighted by molar-refractivity contribution is 6.36. The van der Waals surface area contributed by atoms with Crippen molar-refractivity contribution in [2.24, 2.45) is 0 Å². The normalized spacial score (nSPS) is 21.8. The van der Waals surface area contributed by atoms with Gasteiger partial charge in [0.05, 0.1) is 40.3 Å². The molecule has 0 spiro atoms. The van der Waals surface area contributed by atoms with Crippen LogP contribution >= 0.6 is 11.6 Å². The van der Waals surface area contributed by atoms with Crippen LogP contribution in [0.5, 0.6) is 0 Å². The summed E-state index contributed by atoms with van der Waals surface area (Å²) in [6.45, 7) is 4.94. The van der Waals surface area contributed by atoms with Crippen LogP contribution in [0.25, 0.3) is 5.65 Å². The van der Waals surface area contributed by atoms with Crippen LogP contribution in [0.4, 0.5) is 23.3 Å². The molecule has 1 amide bonds. The van der Waals surface area contributed by atoms with Gasteiger partial charge in [-0.3, -0.25) is 9.69 Å². The predicted octanol–water partition coefficient (Wildman–Crippen LogP) is 3.02. The first-order chi connectivity index (χ1) is 19.4. The van der Waals surface area contributed by atoms with E-state index in [1.54, 1.807) is 12.1 Å². The van der Waals surface area contributed by atoms with E-state index in [4.69, 9.17) is 11.6 Å². The minimum Gasteiger partial charge on any atom is -0.365 e. The third kappa shape index (κ3) is 5.08. The fourth-order valence-electron chi connectivity index (χ4n) is 5.51. The zero-order valence-corrected chi connectivity index (χ0v) is 22.9. The van der Waals surface area contributed by atoms with Gasteiger partial charge in [-0.05, 0) is 51.2 Å². The first-order valence-electron chi connectivity index (χ1n) is 13.7. The highest BCUT2D eigenvalue weighted by Gasteiger charge is 2.34. The van der Waals surface area contributed by atoms with E-state index in [0.29, 0.717) is 59.1 Å². The van der Waals surface area contributed by atoms with Gasteiger partial charge in [-0.1, -0.05) is 11.6 Å². The summed E-state index contributed by atoms with van der Waals surface area (Å²) in [4.78, 5) is 26.2. The number of carbonyl (C=O) groups is 1. The minimum atomic E-state index is -0.113. The summed E-state index contributed by atoms with van der Waals surface area (Å²) in [5.41, 5.74) is 2.38. The Bertz CT molecular complexity index is 1540. The average Bonchev–Trinajstić information content (AvgIpc) is 3.71. The van der Waals surface area contributed by atoms with Crippen molar-refractivity contribution in [2.45, 2.75) is 57.2 Å². The Morgan fingerprint density at radius 2 is 1.98 bits per heavy atom. The number of amides is 1. The number of hydrogen-bond donors (Lipinski definition) is 3. The molecular weight excluding hydrogens is 530 g/mol. The number of piperazine rings is 1. The standard InChI is InChI=1S/C27H30ClN11O/c1-16-15-37(21-4-2-3-7-31-25(21)40)8-9-38(16)22-11-17(12-29)10-20(23(22)28)34-26-35-24-18(13-30)14-32-39(24)27(36-26)33-19-5-6-19/h10-11,14,16,19,21H,2-9,15H2,1H3,(H,31,40)(H2,33,34,35,36)/t16-,21?/m0/s1. The van der Waals surface area contributed by atoms with Crippen molar-refractivity contribution >= 4 is 46.4 Å². The number of fused-ring (bicyclic) bond motifs is 1. The molecule has 6 rings (SSSR count). The maximum Gasteiger partial charge on any atom is 0.237 e. The number of aromatic nitrogens is 4. The maximum atomic E-state index is 12.6. The van der Waals surface area contributed by atoms with E-state index in [2.05, 4.69) is 59.9 Å². The van der Waals surface area contributed by atoms with Gasteiger partial charge in [0, 0.05) is 38.3 Å². The Hall–Kier alpha value is -4.13. The Balaban J connectivity index is 1.29. The Morgan fingerprint density at radius 3 is 2.73 bits per heavy atom. The van der Waals surface area contributed by atoms with Crippen molar-refractivity contribution in [1.29, 1.82) is 10.5 Å². The van der Waals surface area contributed by atoms with Crippen LogP contribution in [-0.2, 0) is 4.79 Å². The lowest BCUT2D eigenvalue weighted by Crippen LogP contribution is -2.58. The fourth-order valence-corrected chi connectivity index (χ4v) is 5.77. The highest BCUT2D eigenvalue weighted by atomic mass is 35.5. The molecule has 2 aliphatic heterocycles. The number of halogens is 1.